The molecule has 0 amide bonds. The van der Waals surface area contributed by atoms with Gasteiger partial charge in [0.05, 0.1) is 10.6 Å². The molecule has 1 aromatic carbocycles. The maximum Gasteiger partial charge on any atom is 0.271 e. The largest absolute Gasteiger partial charge is 0.322 e. The highest BCUT2D eigenvalue weighted by atomic mass is 16.6. The predicted molar refractivity (Wildman–Crippen MR) is 78.8 cm³/mol. The van der Waals surface area contributed by atoms with E-state index in [0.717, 1.165) is 0 Å². The average Bonchev–Trinajstić information content (AvgIpc) is 2.40. The summed E-state index contributed by atoms with van der Waals surface area (Å²) in [5.74, 6) is 0. The van der Waals surface area contributed by atoms with Crippen LogP contribution in [0.5, 0.6) is 0 Å². The molecule has 2 rings (SSSR count). The summed E-state index contributed by atoms with van der Waals surface area (Å²) >= 11 is 0. The van der Waals surface area contributed by atoms with E-state index in [1.54, 1.807) is 32.0 Å². The zero-order valence-electron chi connectivity index (χ0n) is 12.0. The molecule has 21 heavy (non-hydrogen) atoms. The average molecular weight is 288 g/mol. The highest BCUT2D eigenvalue weighted by Gasteiger charge is 2.21. The van der Waals surface area contributed by atoms with Crippen molar-refractivity contribution >= 4 is 5.69 Å². The number of nitrogens with zero attached hydrogens (tertiary/aromatic N) is 3. The third-order valence-corrected chi connectivity index (χ3v) is 3.11. The highest BCUT2D eigenvalue weighted by molar-refractivity contribution is 5.62. The van der Waals surface area contributed by atoms with Crippen LogP contribution in [0.3, 0.4) is 0 Å². The zero-order valence-corrected chi connectivity index (χ0v) is 12.0. The molecule has 7 nitrogen and oxygen atoms in total. The van der Waals surface area contributed by atoms with Gasteiger partial charge in [0.2, 0.25) is 0 Å². The smallest absolute Gasteiger partial charge is 0.271 e. The quantitative estimate of drug-likeness (QED) is 0.681. The molecular formula is C14H16N4O3. The number of aryl methyl sites for hydroxylation is 1. The normalized spacial score (nSPS) is 11.4. The molecule has 1 heterocycles. The number of nitrogens with two attached hydrogens (primary N) is 1. The summed E-state index contributed by atoms with van der Waals surface area (Å²) in [5, 5.41) is 15.0. The third-order valence-electron chi connectivity index (χ3n) is 3.11. The Hall–Kier alpha value is -2.54. The number of rotatable bonds is 3. The van der Waals surface area contributed by atoms with Crippen molar-refractivity contribution in [2.75, 3.05) is 0 Å². The second-order valence-electron chi connectivity index (χ2n) is 5.40. The van der Waals surface area contributed by atoms with Crippen LogP contribution in [0.15, 0.2) is 35.1 Å². The van der Waals surface area contributed by atoms with Gasteiger partial charge in [-0.3, -0.25) is 14.9 Å². The van der Waals surface area contributed by atoms with Crippen molar-refractivity contribution in [1.29, 1.82) is 0 Å². The van der Waals surface area contributed by atoms with Crippen LogP contribution in [0.2, 0.25) is 0 Å². The Morgan fingerprint density at radius 2 is 2.00 bits per heavy atom. The SMILES string of the molecule is Cn1nc(-c2cccc([N+](=O)[O-])c2)cc(C(C)(C)N)c1=O. The molecule has 0 unspecified atom stereocenters. The summed E-state index contributed by atoms with van der Waals surface area (Å²) in [5.41, 5.74) is 6.30. The van der Waals surface area contributed by atoms with Gasteiger partial charge < -0.3 is 5.73 Å². The topological polar surface area (TPSA) is 104 Å². The summed E-state index contributed by atoms with van der Waals surface area (Å²) in [4.78, 5) is 22.5. The minimum absolute atomic E-state index is 0.0308. The summed E-state index contributed by atoms with van der Waals surface area (Å²) < 4.78 is 1.19. The van der Waals surface area contributed by atoms with E-state index in [1.807, 2.05) is 0 Å². The van der Waals surface area contributed by atoms with E-state index < -0.39 is 10.5 Å². The van der Waals surface area contributed by atoms with Crippen molar-refractivity contribution in [3.8, 4) is 11.3 Å². The maximum atomic E-state index is 12.1. The van der Waals surface area contributed by atoms with Crippen molar-refractivity contribution < 1.29 is 4.92 Å². The van der Waals surface area contributed by atoms with Gasteiger partial charge in [-0.2, -0.15) is 5.10 Å². The molecular weight excluding hydrogens is 272 g/mol. The summed E-state index contributed by atoms with van der Waals surface area (Å²) in [6.07, 6.45) is 0. The number of hydrogen-bond acceptors (Lipinski definition) is 5. The van der Waals surface area contributed by atoms with E-state index in [9.17, 15) is 14.9 Å². The number of aromatic nitrogens is 2. The van der Waals surface area contributed by atoms with Gasteiger partial charge in [0, 0.05) is 35.8 Å². The Labute approximate surface area is 121 Å². The van der Waals surface area contributed by atoms with Crippen LogP contribution in [0, 0.1) is 10.1 Å². The lowest BCUT2D eigenvalue weighted by molar-refractivity contribution is -0.384. The molecule has 0 aliphatic carbocycles. The van der Waals surface area contributed by atoms with Gasteiger partial charge in [-0.1, -0.05) is 12.1 Å². The number of non-ortho nitro benzene ring substituents is 1. The first-order valence-electron chi connectivity index (χ1n) is 6.32. The Kier molecular flexibility index (Phi) is 3.61. The molecule has 7 heteroatoms. The molecule has 0 fully saturated rings. The fraction of sp³-hybridized carbons (Fsp3) is 0.286. The first kappa shape index (κ1) is 14.9. The maximum absolute atomic E-state index is 12.1. The minimum Gasteiger partial charge on any atom is -0.322 e. The fourth-order valence-electron chi connectivity index (χ4n) is 1.99. The fourth-order valence-corrected chi connectivity index (χ4v) is 1.99. The van der Waals surface area contributed by atoms with Gasteiger partial charge in [-0.15, -0.1) is 0 Å². The van der Waals surface area contributed by atoms with Gasteiger partial charge in [0.25, 0.3) is 11.2 Å². The summed E-state index contributed by atoms with van der Waals surface area (Å²) in [6.45, 7) is 3.45. The van der Waals surface area contributed by atoms with E-state index in [1.165, 1.54) is 23.9 Å². The lowest BCUT2D eigenvalue weighted by Gasteiger charge is -2.19. The van der Waals surface area contributed by atoms with Crippen LogP contribution in [0.25, 0.3) is 11.3 Å². The molecule has 0 radical (unpaired) electrons. The Morgan fingerprint density at radius 3 is 2.57 bits per heavy atom. The van der Waals surface area contributed by atoms with Gasteiger partial charge in [0.1, 0.15) is 0 Å². The molecule has 2 N–H and O–H groups in total. The molecule has 0 bridgehead atoms. The predicted octanol–water partition coefficient (Wildman–Crippen LogP) is 1.55. The second kappa shape index (κ2) is 5.10. The lowest BCUT2D eigenvalue weighted by atomic mass is 9.96. The first-order valence-corrected chi connectivity index (χ1v) is 6.32. The van der Waals surface area contributed by atoms with Crippen molar-refractivity contribution in [3.63, 3.8) is 0 Å². The Bertz CT molecular complexity index is 760. The molecule has 0 atom stereocenters. The molecule has 0 spiro atoms. The van der Waals surface area contributed by atoms with Crippen LogP contribution in [0.4, 0.5) is 5.69 Å². The van der Waals surface area contributed by atoms with Gasteiger partial charge in [-0.25, -0.2) is 4.68 Å². The van der Waals surface area contributed by atoms with E-state index in [0.29, 0.717) is 16.8 Å². The molecule has 110 valence electrons. The Balaban J connectivity index is 2.65. The minimum atomic E-state index is -0.826. The van der Waals surface area contributed by atoms with E-state index in [4.69, 9.17) is 5.73 Å². The number of nitro groups is 1. The van der Waals surface area contributed by atoms with Crippen molar-refractivity contribution in [3.05, 3.63) is 56.4 Å². The number of nitro benzene ring substituents is 1. The lowest BCUT2D eigenvalue weighted by Crippen LogP contribution is -2.38. The molecule has 0 saturated carbocycles. The highest BCUT2D eigenvalue weighted by Crippen LogP contribution is 2.24. The van der Waals surface area contributed by atoms with Crippen molar-refractivity contribution in [1.82, 2.24) is 9.78 Å². The molecule has 1 aromatic heterocycles. The van der Waals surface area contributed by atoms with Crippen molar-refractivity contribution in [2.24, 2.45) is 12.8 Å². The van der Waals surface area contributed by atoms with Gasteiger partial charge in [0.15, 0.2) is 0 Å². The zero-order chi connectivity index (χ0) is 15.8. The van der Waals surface area contributed by atoms with E-state index in [-0.39, 0.29) is 11.2 Å². The van der Waals surface area contributed by atoms with Gasteiger partial charge >= 0.3 is 0 Å². The summed E-state index contributed by atoms with van der Waals surface area (Å²) in [7, 11) is 1.53. The monoisotopic (exact) mass is 288 g/mol. The summed E-state index contributed by atoms with van der Waals surface area (Å²) in [6, 6.07) is 7.68. The van der Waals surface area contributed by atoms with E-state index in [2.05, 4.69) is 5.10 Å². The van der Waals surface area contributed by atoms with Gasteiger partial charge in [-0.05, 0) is 19.9 Å². The standard InChI is InChI=1S/C14H16N4O3/c1-14(2,15)11-8-12(16-17(3)13(11)19)9-5-4-6-10(7-9)18(20)21/h4-8H,15H2,1-3H3. The number of hydrogen-bond donors (Lipinski definition) is 1. The van der Waals surface area contributed by atoms with Crippen LogP contribution < -0.4 is 11.3 Å². The van der Waals surface area contributed by atoms with E-state index >= 15 is 0 Å². The molecule has 0 aliphatic heterocycles. The third kappa shape index (κ3) is 2.97. The Morgan fingerprint density at radius 1 is 1.33 bits per heavy atom. The van der Waals surface area contributed by atoms with Crippen molar-refractivity contribution in [2.45, 2.75) is 19.4 Å². The molecule has 0 saturated heterocycles. The molecule has 0 aliphatic rings. The molecule has 2 aromatic rings. The van der Waals surface area contributed by atoms with Crippen LogP contribution in [0.1, 0.15) is 19.4 Å². The first-order chi connectivity index (χ1) is 9.70. The number of benzene rings is 1. The van der Waals surface area contributed by atoms with Crippen LogP contribution in [-0.4, -0.2) is 14.7 Å². The second-order valence-corrected chi connectivity index (χ2v) is 5.40. The van der Waals surface area contributed by atoms with Crippen LogP contribution in [-0.2, 0) is 12.6 Å². The van der Waals surface area contributed by atoms with Crippen LogP contribution >= 0.6 is 0 Å².